The molecule has 1 atom stereocenters. The molecule has 23 heavy (non-hydrogen) atoms. The molecular weight excluding hydrogens is 308 g/mol. The summed E-state index contributed by atoms with van der Waals surface area (Å²) in [5.41, 5.74) is 3.08. The highest BCUT2D eigenvalue weighted by Crippen LogP contribution is 2.18. The maximum absolute atomic E-state index is 12.1. The van der Waals surface area contributed by atoms with Gasteiger partial charge in [-0.15, -0.1) is 0 Å². The van der Waals surface area contributed by atoms with Crippen LogP contribution in [0.15, 0.2) is 5.16 Å². The van der Waals surface area contributed by atoms with E-state index in [1.165, 1.54) is 12.8 Å². The minimum Gasteiger partial charge on any atom is -0.355 e. The fraction of sp³-hybridized carbons (Fsp3) is 0.706. The average molecular weight is 337 g/mol. The molecule has 0 bridgehead atoms. The summed E-state index contributed by atoms with van der Waals surface area (Å²) in [4.78, 5) is 23.5. The van der Waals surface area contributed by atoms with Gasteiger partial charge in [-0.3, -0.25) is 9.69 Å². The van der Waals surface area contributed by atoms with Gasteiger partial charge in [0.05, 0.1) is 0 Å². The summed E-state index contributed by atoms with van der Waals surface area (Å²) in [6.45, 7) is 9.18. The summed E-state index contributed by atoms with van der Waals surface area (Å²) >= 11 is 1.55. The lowest BCUT2D eigenvalue weighted by molar-refractivity contribution is -0.121. The summed E-state index contributed by atoms with van der Waals surface area (Å²) in [5, 5.41) is 3.90. The van der Waals surface area contributed by atoms with E-state index in [4.69, 9.17) is 0 Å². The summed E-state index contributed by atoms with van der Waals surface area (Å²) in [7, 11) is 0. The minimum atomic E-state index is 0.126. The number of thioether (sulfide) groups is 1. The normalized spacial score (nSPS) is 18.3. The molecular formula is C17H28N4OS. The standard InChI is InChI=1S/C17H28N4OS/c1-5-21-10-6-7-14(21)11-18-16(22)9-8-15-12(2)19-17(23-4)20-13(15)3/h14H,5-11H2,1-4H3,(H,18,22). The van der Waals surface area contributed by atoms with Crippen molar-refractivity contribution in [3.8, 4) is 0 Å². The van der Waals surface area contributed by atoms with Crippen molar-refractivity contribution in [3.05, 3.63) is 17.0 Å². The van der Waals surface area contributed by atoms with Crippen LogP contribution >= 0.6 is 11.8 Å². The van der Waals surface area contributed by atoms with E-state index in [2.05, 4.69) is 27.1 Å². The van der Waals surface area contributed by atoms with Crippen LogP contribution in [-0.2, 0) is 11.2 Å². The number of carbonyl (C=O) groups excluding carboxylic acids is 1. The van der Waals surface area contributed by atoms with Gasteiger partial charge in [0, 0.05) is 30.4 Å². The number of amides is 1. The molecule has 0 saturated carbocycles. The van der Waals surface area contributed by atoms with Crippen LogP contribution in [0.1, 0.15) is 43.1 Å². The van der Waals surface area contributed by atoms with Gasteiger partial charge >= 0.3 is 0 Å². The topological polar surface area (TPSA) is 58.1 Å². The maximum Gasteiger partial charge on any atom is 0.220 e. The molecule has 1 aliphatic rings. The van der Waals surface area contributed by atoms with E-state index in [9.17, 15) is 4.79 Å². The highest BCUT2D eigenvalue weighted by atomic mass is 32.2. The molecule has 2 heterocycles. The van der Waals surface area contributed by atoms with Gasteiger partial charge in [-0.25, -0.2) is 9.97 Å². The zero-order valence-electron chi connectivity index (χ0n) is 14.7. The van der Waals surface area contributed by atoms with E-state index in [1.54, 1.807) is 11.8 Å². The Hall–Kier alpha value is -1.14. The van der Waals surface area contributed by atoms with Crippen molar-refractivity contribution in [2.24, 2.45) is 0 Å². The Morgan fingerprint density at radius 2 is 2.04 bits per heavy atom. The second kappa shape index (κ2) is 8.64. The monoisotopic (exact) mass is 336 g/mol. The Morgan fingerprint density at radius 1 is 1.35 bits per heavy atom. The van der Waals surface area contributed by atoms with Crippen LogP contribution in [0.5, 0.6) is 0 Å². The van der Waals surface area contributed by atoms with Crippen molar-refractivity contribution in [2.45, 2.75) is 57.7 Å². The van der Waals surface area contributed by atoms with E-state index in [-0.39, 0.29) is 5.91 Å². The number of rotatable bonds is 7. The number of nitrogens with one attached hydrogen (secondary N) is 1. The molecule has 1 amide bonds. The molecule has 0 radical (unpaired) electrons. The number of aromatic nitrogens is 2. The number of likely N-dealkylation sites (tertiary alicyclic amines) is 1. The van der Waals surface area contributed by atoms with Gasteiger partial charge in [0.1, 0.15) is 0 Å². The molecule has 1 aliphatic heterocycles. The van der Waals surface area contributed by atoms with Crippen molar-refractivity contribution in [3.63, 3.8) is 0 Å². The molecule has 1 fully saturated rings. The van der Waals surface area contributed by atoms with Crippen molar-refractivity contribution in [2.75, 3.05) is 25.9 Å². The van der Waals surface area contributed by atoms with E-state index in [0.29, 0.717) is 18.9 Å². The second-order valence-electron chi connectivity index (χ2n) is 6.09. The molecule has 1 aromatic heterocycles. The van der Waals surface area contributed by atoms with Crippen LogP contribution in [-0.4, -0.2) is 52.7 Å². The summed E-state index contributed by atoms with van der Waals surface area (Å²) in [6.07, 6.45) is 5.62. The lowest BCUT2D eigenvalue weighted by Gasteiger charge is -2.22. The highest BCUT2D eigenvalue weighted by molar-refractivity contribution is 7.98. The smallest absolute Gasteiger partial charge is 0.220 e. The van der Waals surface area contributed by atoms with Crippen molar-refractivity contribution in [1.29, 1.82) is 0 Å². The number of likely N-dealkylation sites (N-methyl/N-ethyl adjacent to an activating group) is 1. The maximum atomic E-state index is 12.1. The second-order valence-corrected chi connectivity index (χ2v) is 6.86. The SMILES string of the molecule is CCN1CCCC1CNC(=O)CCc1c(C)nc(SC)nc1C. The quantitative estimate of drug-likeness (QED) is 0.612. The minimum absolute atomic E-state index is 0.126. The molecule has 2 rings (SSSR count). The van der Waals surface area contributed by atoms with Crippen molar-refractivity contribution < 1.29 is 4.79 Å². The van der Waals surface area contributed by atoms with Gasteiger partial charge in [0.2, 0.25) is 5.91 Å². The van der Waals surface area contributed by atoms with E-state index in [1.807, 2.05) is 20.1 Å². The Labute approximate surface area is 143 Å². The molecule has 0 aromatic carbocycles. The Kier molecular flexibility index (Phi) is 6.84. The van der Waals surface area contributed by atoms with Gasteiger partial charge in [-0.2, -0.15) is 0 Å². The summed E-state index contributed by atoms with van der Waals surface area (Å²) < 4.78 is 0. The van der Waals surface area contributed by atoms with Crippen LogP contribution in [0.4, 0.5) is 0 Å². The first-order chi connectivity index (χ1) is 11.0. The van der Waals surface area contributed by atoms with Crippen LogP contribution in [0.2, 0.25) is 0 Å². The third-order valence-corrected chi connectivity index (χ3v) is 5.17. The molecule has 1 aromatic rings. The van der Waals surface area contributed by atoms with E-state index >= 15 is 0 Å². The van der Waals surface area contributed by atoms with E-state index in [0.717, 1.165) is 41.7 Å². The molecule has 5 nitrogen and oxygen atoms in total. The molecule has 1 N–H and O–H groups in total. The van der Waals surface area contributed by atoms with Crippen molar-refractivity contribution in [1.82, 2.24) is 20.2 Å². The number of hydrogen-bond donors (Lipinski definition) is 1. The van der Waals surface area contributed by atoms with Crippen molar-refractivity contribution >= 4 is 17.7 Å². The fourth-order valence-corrected chi connectivity index (χ4v) is 3.72. The highest BCUT2D eigenvalue weighted by Gasteiger charge is 2.23. The first-order valence-corrected chi connectivity index (χ1v) is 9.66. The lowest BCUT2D eigenvalue weighted by atomic mass is 10.1. The molecule has 1 unspecified atom stereocenters. The summed E-state index contributed by atoms with van der Waals surface area (Å²) in [5.74, 6) is 0.126. The first kappa shape index (κ1) is 18.2. The Morgan fingerprint density at radius 3 is 2.65 bits per heavy atom. The largest absolute Gasteiger partial charge is 0.355 e. The predicted octanol–water partition coefficient (Wildman–Crippen LogP) is 2.35. The zero-order valence-corrected chi connectivity index (χ0v) is 15.5. The molecule has 128 valence electrons. The summed E-state index contributed by atoms with van der Waals surface area (Å²) in [6, 6.07) is 0.511. The molecule has 1 saturated heterocycles. The van der Waals surface area contributed by atoms with Crippen LogP contribution in [0.25, 0.3) is 0 Å². The third kappa shape index (κ3) is 4.91. The van der Waals surface area contributed by atoms with Crippen LogP contribution < -0.4 is 5.32 Å². The number of aryl methyl sites for hydroxylation is 2. The van der Waals surface area contributed by atoms with Gasteiger partial charge in [-0.1, -0.05) is 18.7 Å². The number of hydrogen-bond acceptors (Lipinski definition) is 5. The predicted molar refractivity (Wildman–Crippen MR) is 94.9 cm³/mol. The number of nitrogens with zero attached hydrogens (tertiary/aromatic N) is 3. The van der Waals surface area contributed by atoms with Gasteiger partial charge in [0.25, 0.3) is 0 Å². The molecule has 6 heteroatoms. The first-order valence-electron chi connectivity index (χ1n) is 8.44. The number of carbonyl (C=O) groups is 1. The van der Waals surface area contributed by atoms with Gasteiger partial charge in [0.15, 0.2) is 5.16 Å². The lowest BCUT2D eigenvalue weighted by Crippen LogP contribution is -2.40. The molecule has 0 aliphatic carbocycles. The Balaban J connectivity index is 1.83. The third-order valence-electron chi connectivity index (χ3n) is 4.62. The van der Waals surface area contributed by atoms with Crippen LogP contribution in [0.3, 0.4) is 0 Å². The van der Waals surface area contributed by atoms with Crippen LogP contribution in [0, 0.1) is 13.8 Å². The Bertz CT molecular complexity index is 526. The van der Waals surface area contributed by atoms with E-state index < -0.39 is 0 Å². The fourth-order valence-electron chi connectivity index (χ4n) is 3.26. The van der Waals surface area contributed by atoms with Gasteiger partial charge in [-0.05, 0) is 58.0 Å². The molecule has 0 spiro atoms. The van der Waals surface area contributed by atoms with Gasteiger partial charge < -0.3 is 5.32 Å². The average Bonchev–Trinajstić information content (AvgIpc) is 2.99. The zero-order chi connectivity index (χ0) is 16.8.